The van der Waals surface area contributed by atoms with Gasteiger partial charge >= 0.3 is 0 Å². The molecule has 0 aliphatic carbocycles. The summed E-state index contributed by atoms with van der Waals surface area (Å²) < 4.78 is 10.8. The lowest BCUT2D eigenvalue weighted by Crippen LogP contribution is -2.35. The minimum atomic E-state index is 0.644. The Kier molecular flexibility index (Phi) is 6.70. The van der Waals surface area contributed by atoms with Crippen molar-refractivity contribution in [2.75, 3.05) is 48.5 Å². The Balaban J connectivity index is 2.36. The van der Waals surface area contributed by atoms with Gasteiger partial charge in [-0.3, -0.25) is 4.99 Å². The second kappa shape index (κ2) is 8.30. The second-order valence-electron chi connectivity index (χ2n) is 4.85. The molecule has 0 heterocycles. The quantitative estimate of drug-likeness (QED) is 0.453. The van der Waals surface area contributed by atoms with Crippen molar-refractivity contribution in [3.63, 3.8) is 0 Å². The Morgan fingerprint density at radius 2 is 1.75 bits per heavy atom. The monoisotopic (exact) mass is 279 g/mol. The maximum Gasteiger partial charge on any atom is 0.195 e. The van der Waals surface area contributed by atoms with E-state index in [2.05, 4.69) is 4.99 Å². The molecular formula is C15H25N3O2. The molecule has 0 atom stereocenters. The van der Waals surface area contributed by atoms with Crippen molar-refractivity contribution >= 4 is 5.96 Å². The first-order valence-corrected chi connectivity index (χ1v) is 6.70. The zero-order chi connectivity index (χ0) is 15.0. The Morgan fingerprint density at radius 1 is 1.10 bits per heavy atom. The molecule has 20 heavy (non-hydrogen) atoms. The molecule has 0 aliphatic rings. The zero-order valence-electron chi connectivity index (χ0n) is 13.1. The fourth-order valence-corrected chi connectivity index (χ4v) is 1.81. The molecule has 0 bridgehead atoms. The highest BCUT2D eigenvalue weighted by Crippen LogP contribution is 2.18. The summed E-state index contributed by atoms with van der Waals surface area (Å²) in [5.74, 6) is 2.60. The van der Waals surface area contributed by atoms with Gasteiger partial charge in [0.1, 0.15) is 11.5 Å². The topological polar surface area (TPSA) is 37.3 Å². The van der Waals surface area contributed by atoms with Crippen LogP contribution in [0.2, 0.25) is 0 Å². The highest BCUT2D eigenvalue weighted by molar-refractivity contribution is 5.79. The van der Waals surface area contributed by atoms with E-state index in [1.807, 2.05) is 62.3 Å². The van der Waals surface area contributed by atoms with Gasteiger partial charge in [-0.1, -0.05) is 6.07 Å². The average Bonchev–Trinajstić information content (AvgIpc) is 2.42. The van der Waals surface area contributed by atoms with Crippen LogP contribution < -0.4 is 9.47 Å². The lowest BCUT2D eigenvalue weighted by Gasteiger charge is -2.22. The van der Waals surface area contributed by atoms with Crippen LogP contribution in [-0.2, 0) is 0 Å². The van der Waals surface area contributed by atoms with E-state index >= 15 is 0 Å². The van der Waals surface area contributed by atoms with Crippen LogP contribution in [0, 0.1) is 0 Å². The number of aliphatic imine (C=N–C) groups is 1. The van der Waals surface area contributed by atoms with Crippen LogP contribution in [0.3, 0.4) is 0 Å². The molecule has 0 N–H and O–H groups in total. The number of benzene rings is 1. The molecule has 0 saturated heterocycles. The van der Waals surface area contributed by atoms with E-state index in [4.69, 9.17) is 9.47 Å². The molecule has 0 aromatic heterocycles. The molecule has 112 valence electrons. The van der Waals surface area contributed by atoms with Gasteiger partial charge in [-0.25, -0.2) is 0 Å². The van der Waals surface area contributed by atoms with Crippen molar-refractivity contribution in [3.8, 4) is 11.5 Å². The number of rotatable bonds is 6. The van der Waals surface area contributed by atoms with Crippen LogP contribution in [0.5, 0.6) is 11.5 Å². The first-order valence-electron chi connectivity index (χ1n) is 6.70. The van der Waals surface area contributed by atoms with Crippen LogP contribution >= 0.6 is 0 Å². The third kappa shape index (κ3) is 5.38. The summed E-state index contributed by atoms with van der Waals surface area (Å²) in [5.41, 5.74) is 0. The number of guanidine groups is 1. The van der Waals surface area contributed by atoms with Gasteiger partial charge in [0.25, 0.3) is 0 Å². The van der Waals surface area contributed by atoms with Gasteiger partial charge in [0.2, 0.25) is 0 Å². The maximum absolute atomic E-state index is 5.67. The standard InChI is InChI=1S/C15H25N3O2/c1-17(2)15(18(3)4)16-10-7-11-20-14-9-6-8-13(12-14)19-5/h6,8-9,12H,7,10-11H2,1-5H3. The van der Waals surface area contributed by atoms with E-state index in [0.29, 0.717) is 6.61 Å². The average molecular weight is 279 g/mol. The molecule has 0 aliphatic heterocycles. The van der Waals surface area contributed by atoms with Crippen molar-refractivity contribution in [3.05, 3.63) is 24.3 Å². The van der Waals surface area contributed by atoms with Crippen LogP contribution in [0.4, 0.5) is 0 Å². The molecule has 0 amide bonds. The number of nitrogens with zero attached hydrogens (tertiary/aromatic N) is 3. The summed E-state index contributed by atoms with van der Waals surface area (Å²) in [6.07, 6.45) is 0.877. The lowest BCUT2D eigenvalue weighted by molar-refractivity contribution is 0.310. The van der Waals surface area contributed by atoms with Gasteiger partial charge < -0.3 is 19.3 Å². The molecule has 0 fully saturated rings. The maximum atomic E-state index is 5.67. The summed E-state index contributed by atoms with van der Waals surface area (Å²) >= 11 is 0. The largest absolute Gasteiger partial charge is 0.497 e. The summed E-state index contributed by atoms with van der Waals surface area (Å²) in [7, 11) is 9.62. The molecule has 5 nitrogen and oxygen atoms in total. The van der Waals surface area contributed by atoms with E-state index in [1.165, 1.54) is 0 Å². The van der Waals surface area contributed by atoms with Crippen molar-refractivity contribution in [1.82, 2.24) is 9.80 Å². The molecule has 1 rings (SSSR count). The van der Waals surface area contributed by atoms with E-state index in [0.717, 1.165) is 30.4 Å². The Hall–Kier alpha value is -1.91. The molecule has 0 saturated carbocycles. The molecule has 5 heteroatoms. The van der Waals surface area contributed by atoms with Crippen molar-refractivity contribution in [2.24, 2.45) is 4.99 Å². The first-order chi connectivity index (χ1) is 9.54. The van der Waals surface area contributed by atoms with Gasteiger partial charge in [-0.05, 0) is 12.1 Å². The van der Waals surface area contributed by atoms with Gasteiger partial charge in [0, 0.05) is 47.2 Å². The van der Waals surface area contributed by atoms with Gasteiger partial charge in [0.05, 0.1) is 13.7 Å². The smallest absolute Gasteiger partial charge is 0.195 e. The Morgan fingerprint density at radius 3 is 2.35 bits per heavy atom. The summed E-state index contributed by atoms with van der Waals surface area (Å²) in [6, 6.07) is 7.63. The third-order valence-electron chi connectivity index (χ3n) is 2.67. The minimum absolute atomic E-state index is 0.644. The van der Waals surface area contributed by atoms with Gasteiger partial charge in [0.15, 0.2) is 5.96 Å². The number of methoxy groups -OCH3 is 1. The highest BCUT2D eigenvalue weighted by atomic mass is 16.5. The van der Waals surface area contributed by atoms with E-state index < -0.39 is 0 Å². The van der Waals surface area contributed by atoms with Crippen LogP contribution in [0.1, 0.15) is 6.42 Å². The van der Waals surface area contributed by atoms with E-state index in [9.17, 15) is 0 Å². The lowest BCUT2D eigenvalue weighted by atomic mass is 10.3. The van der Waals surface area contributed by atoms with Crippen molar-refractivity contribution < 1.29 is 9.47 Å². The third-order valence-corrected chi connectivity index (χ3v) is 2.67. The molecule has 0 spiro atoms. The fourth-order valence-electron chi connectivity index (χ4n) is 1.81. The molecule has 0 unspecified atom stereocenters. The summed E-state index contributed by atoms with van der Waals surface area (Å²) in [5, 5.41) is 0. The minimum Gasteiger partial charge on any atom is -0.497 e. The normalized spacial score (nSPS) is 9.85. The zero-order valence-corrected chi connectivity index (χ0v) is 13.1. The molecule has 1 aromatic carbocycles. The summed E-state index contributed by atoms with van der Waals surface area (Å²) in [6.45, 7) is 1.39. The van der Waals surface area contributed by atoms with Gasteiger partial charge in [-0.15, -0.1) is 0 Å². The van der Waals surface area contributed by atoms with Crippen LogP contribution in [0.15, 0.2) is 29.3 Å². The van der Waals surface area contributed by atoms with Crippen LogP contribution in [0.25, 0.3) is 0 Å². The molecule has 0 radical (unpaired) electrons. The number of hydrogen-bond acceptors (Lipinski definition) is 3. The van der Waals surface area contributed by atoms with Crippen LogP contribution in [-0.4, -0.2) is 64.2 Å². The number of ether oxygens (including phenoxy) is 2. The molecular weight excluding hydrogens is 254 g/mol. The van der Waals surface area contributed by atoms with E-state index in [-0.39, 0.29) is 0 Å². The predicted molar refractivity (Wildman–Crippen MR) is 82.8 cm³/mol. The van der Waals surface area contributed by atoms with Crippen molar-refractivity contribution in [1.29, 1.82) is 0 Å². The Bertz CT molecular complexity index is 421. The number of hydrogen-bond donors (Lipinski definition) is 0. The SMILES string of the molecule is COc1cccc(OCCCN=C(N(C)C)N(C)C)c1. The first kappa shape index (κ1) is 16.1. The fraction of sp³-hybridized carbons (Fsp3) is 0.533. The molecule has 1 aromatic rings. The highest BCUT2D eigenvalue weighted by Gasteiger charge is 2.03. The van der Waals surface area contributed by atoms with E-state index in [1.54, 1.807) is 7.11 Å². The second-order valence-corrected chi connectivity index (χ2v) is 4.85. The Labute approximate surface area is 121 Å². The summed E-state index contributed by atoms with van der Waals surface area (Å²) in [4.78, 5) is 8.56. The van der Waals surface area contributed by atoms with Crippen molar-refractivity contribution in [2.45, 2.75) is 6.42 Å². The predicted octanol–water partition coefficient (Wildman–Crippen LogP) is 1.94. The van der Waals surface area contributed by atoms with Gasteiger partial charge in [-0.2, -0.15) is 0 Å².